The topological polar surface area (TPSA) is 73.4 Å². The van der Waals surface area contributed by atoms with Crippen molar-refractivity contribution < 1.29 is 14.7 Å². The average Bonchev–Trinajstić information content (AvgIpc) is 2.83. The maximum Gasteiger partial charge on any atom is 0.326 e. The zero-order valence-corrected chi connectivity index (χ0v) is 13.0. The predicted octanol–water partition coefficient (Wildman–Crippen LogP) is 3.11. The number of fused-ring (bicyclic) bond motifs is 3. The van der Waals surface area contributed by atoms with Gasteiger partial charge in [-0.3, -0.25) is 4.79 Å². The number of carboxylic acids is 1. The minimum absolute atomic E-state index is 0.209. The second kappa shape index (κ2) is 5.65. The second-order valence-electron chi connectivity index (χ2n) is 4.83. The van der Waals surface area contributed by atoms with E-state index in [0.29, 0.717) is 13.0 Å². The molecule has 21 heavy (non-hydrogen) atoms. The predicted molar refractivity (Wildman–Crippen MR) is 85.5 cm³/mol. The lowest BCUT2D eigenvalue weighted by Gasteiger charge is -2.32. The van der Waals surface area contributed by atoms with E-state index < -0.39 is 12.0 Å². The molecule has 1 aliphatic heterocycles. The number of hydrogen-bond acceptors (Lipinski definition) is 4. The maximum absolute atomic E-state index is 12.1. The molecule has 2 aromatic rings. The van der Waals surface area contributed by atoms with Gasteiger partial charge in [0, 0.05) is 33.8 Å². The van der Waals surface area contributed by atoms with Crippen LogP contribution in [-0.2, 0) is 17.8 Å². The fraction of sp³-hybridized carbons (Fsp3) is 0.286. The van der Waals surface area contributed by atoms with Gasteiger partial charge in [0.05, 0.1) is 6.54 Å². The van der Waals surface area contributed by atoms with Gasteiger partial charge in [0.25, 0.3) is 5.24 Å². The van der Waals surface area contributed by atoms with Gasteiger partial charge in [-0.2, -0.15) is 0 Å². The van der Waals surface area contributed by atoms with Crippen LogP contribution in [0, 0.1) is 0 Å². The highest BCUT2D eigenvalue weighted by molar-refractivity contribution is 8.81. The van der Waals surface area contributed by atoms with Gasteiger partial charge >= 0.3 is 5.97 Å². The van der Waals surface area contributed by atoms with Crippen LogP contribution >= 0.6 is 21.6 Å². The van der Waals surface area contributed by atoms with E-state index in [1.807, 2.05) is 24.3 Å². The second-order valence-corrected chi connectivity index (χ2v) is 7.18. The number of rotatable bonds is 2. The Kier molecular flexibility index (Phi) is 3.86. The summed E-state index contributed by atoms with van der Waals surface area (Å²) in [6.45, 7) is 0.313. The molecule has 1 amide bonds. The van der Waals surface area contributed by atoms with E-state index in [4.69, 9.17) is 0 Å². The van der Waals surface area contributed by atoms with Crippen LogP contribution < -0.4 is 0 Å². The number of carbonyl (C=O) groups excluding carboxylic acids is 1. The van der Waals surface area contributed by atoms with Crippen molar-refractivity contribution in [3.63, 3.8) is 0 Å². The van der Waals surface area contributed by atoms with Gasteiger partial charge < -0.3 is 15.0 Å². The number of aliphatic carboxylic acids is 1. The van der Waals surface area contributed by atoms with E-state index in [-0.39, 0.29) is 5.24 Å². The summed E-state index contributed by atoms with van der Waals surface area (Å²) in [4.78, 5) is 28.4. The fourth-order valence-corrected chi connectivity index (χ4v) is 3.88. The quantitative estimate of drug-likeness (QED) is 0.831. The molecule has 7 heteroatoms. The van der Waals surface area contributed by atoms with Crippen LogP contribution in [0.15, 0.2) is 24.3 Å². The molecule has 1 atom stereocenters. The molecule has 0 bridgehead atoms. The highest BCUT2D eigenvalue weighted by Gasteiger charge is 2.36. The molecule has 2 N–H and O–H groups in total. The molecule has 1 unspecified atom stereocenters. The average molecular weight is 322 g/mol. The number of H-pyrrole nitrogens is 1. The Hall–Kier alpha value is -1.60. The van der Waals surface area contributed by atoms with Gasteiger partial charge in [0.15, 0.2) is 0 Å². The highest BCUT2D eigenvalue weighted by Crippen LogP contribution is 2.33. The Morgan fingerprint density at radius 1 is 1.38 bits per heavy atom. The molecule has 2 heterocycles. The number of aromatic nitrogens is 1. The number of amides is 1. The van der Waals surface area contributed by atoms with Gasteiger partial charge in [-0.15, -0.1) is 0 Å². The molecule has 0 aliphatic carbocycles. The summed E-state index contributed by atoms with van der Waals surface area (Å²) in [6.07, 6.45) is 2.14. The molecule has 0 spiro atoms. The minimum atomic E-state index is -0.957. The summed E-state index contributed by atoms with van der Waals surface area (Å²) in [5.74, 6) is -0.957. The van der Waals surface area contributed by atoms with Crippen LogP contribution in [0.1, 0.15) is 11.3 Å². The number of hydrogen-bond donors (Lipinski definition) is 2. The van der Waals surface area contributed by atoms with Gasteiger partial charge in [-0.1, -0.05) is 29.0 Å². The molecule has 0 radical (unpaired) electrons. The van der Waals surface area contributed by atoms with Crippen molar-refractivity contribution in [2.75, 3.05) is 6.26 Å². The van der Waals surface area contributed by atoms with E-state index in [1.54, 1.807) is 6.26 Å². The van der Waals surface area contributed by atoms with Gasteiger partial charge in [0.1, 0.15) is 6.04 Å². The Labute approximate surface area is 129 Å². The third-order valence-electron chi connectivity index (χ3n) is 3.68. The Morgan fingerprint density at radius 2 is 2.14 bits per heavy atom. The first-order valence-electron chi connectivity index (χ1n) is 6.44. The van der Waals surface area contributed by atoms with Crippen LogP contribution in [0.4, 0.5) is 4.79 Å². The first kappa shape index (κ1) is 14.3. The molecule has 110 valence electrons. The highest BCUT2D eigenvalue weighted by atomic mass is 33.1. The molecular formula is C14H14N2O3S2. The summed E-state index contributed by atoms with van der Waals surface area (Å²) < 4.78 is 0. The summed E-state index contributed by atoms with van der Waals surface area (Å²) in [6, 6.07) is 7.02. The third-order valence-corrected chi connectivity index (χ3v) is 5.15. The number of para-hydroxylation sites is 1. The van der Waals surface area contributed by atoms with E-state index in [2.05, 4.69) is 4.98 Å². The van der Waals surface area contributed by atoms with Gasteiger partial charge in [0.2, 0.25) is 0 Å². The van der Waals surface area contributed by atoms with Crippen LogP contribution in [-0.4, -0.2) is 38.5 Å². The van der Waals surface area contributed by atoms with Crippen molar-refractivity contribution in [1.29, 1.82) is 0 Å². The van der Waals surface area contributed by atoms with Crippen molar-refractivity contribution in [3.05, 3.63) is 35.5 Å². The lowest BCUT2D eigenvalue weighted by molar-refractivity contribution is -0.142. The minimum Gasteiger partial charge on any atom is -0.480 e. The van der Waals surface area contributed by atoms with E-state index in [1.165, 1.54) is 15.7 Å². The molecule has 3 rings (SSSR count). The molecule has 5 nitrogen and oxygen atoms in total. The van der Waals surface area contributed by atoms with Crippen LogP contribution in [0.3, 0.4) is 0 Å². The molecule has 1 aromatic heterocycles. The summed E-state index contributed by atoms with van der Waals surface area (Å²) in [7, 11) is 2.39. The first-order valence-corrected chi connectivity index (χ1v) is 9.00. The zero-order chi connectivity index (χ0) is 15.0. The number of benzene rings is 1. The Morgan fingerprint density at radius 3 is 2.86 bits per heavy atom. The van der Waals surface area contributed by atoms with E-state index in [9.17, 15) is 14.7 Å². The van der Waals surface area contributed by atoms with Crippen molar-refractivity contribution >= 4 is 43.7 Å². The molecular weight excluding hydrogens is 308 g/mol. The van der Waals surface area contributed by atoms with E-state index >= 15 is 0 Å². The van der Waals surface area contributed by atoms with E-state index in [0.717, 1.165) is 33.0 Å². The van der Waals surface area contributed by atoms with Crippen molar-refractivity contribution in [2.45, 2.75) is 19.0 Å². The van der Waals surface area contributed by atoms with Crippen LogP contribution in [0.5, 0.6) is 0 Å². The molecule has 0 fully saturated rings. The summed E-state index contributed by atoms with van der Waals surface area (Å²) in [5, 5.41) is 10.3. The molecule has 1 aliphatic rings. The smallest absolute Gasteiger partial charge is 0.326 e. The Bertz CT molecular complexity index is 713. The first-order chi connectivity index (χ1) is 10.1. The van der Waals surface area contributed by atoms with Crippen LogP contribution in [0.25, 0.3) is 10.9 Å². The number of carbonyl (C=O) groups is 2. The number of nitrogens with one attached hydrogen (secondary N) is 1. The normalized spacial score (nSPS) is 17.8. The lowest BCUT2D eigenvalue weighted by atomic mass is 9.97. The van der Waals surface area contributed by atoms with Crippen molar-refractivity contribution in [3.8, 4) is 0 Å². The van der Waals surface area contributed by atoms with Crippen LogP contribution in [0.2, 0.25) is 0 Å². The lowest BCUT2D eigenvalue weighted by Crippen LogP contribution is -2.47. The summed E-state index contributed by atoms with van der Waals surface area (Å²) in [5.41, 5.74) is 2.93. The zero-order valence-electron chi connectivity index (χ0n) is 11.3. The standard InChI is InChI=1S/C14H14N2O3S2/c1-20-21-14(19)16-7-11-9(6-12(16)13(17)18)8-4-2-3-5-10(8)15-11/h2-5,12,15H,6-7H2,1H3,(H,17,18). The van der Waals surface area contributed by atoms with Crippen molar-refractivity contribution in [2.24, 2.45) is 0 Å². The van der Waals surface area contributed by atoms with Gasteiger partial charge in [-0.25, -0.2) is 4.79 Å². The molecule has 0 saturated heterocycles. The van der Waals surface area contributed by atoms with Gasteiger partial charge in [-0.05, 0) is 17.9 Å². The third kappa shape index (κ3) is 2.51. The fourth-order valence-electron chi connectivity index (χ4n) is 2.74. The molecule has 1 aromatic carbocycles. The number of nitrogens with zero attached hydrogens (tertiary/aromatic N) is 1. The van der Waals surface area contributed by atoms with Crippen molar-refractivity contribution in [1.82, 2.24) is 9.88 Å². The molecule has 0 saturated carbocycles. The Balaban J connectivity index is 2.03. The number of aromatic amines is 1. The summed E-state index contributed by atoms with van der Waals surface area (Å²) >= 11 is 0. The monoisotopic (exact) mass is 322 g/mol. The SMILES string of the molecule is CSSC(=O)N1Cc2[nH]c3ccccc3c2CC1C(=O)O. The number of carboxylic acid groups (broad SMARTS) is 1. The largest absolute Gasteiger partial charge is 0.480 e. The maximum atomic E-state index is 12.1.